The van der Waals surface area contributed by atoms with Crippen LogP contribution in [-0.2, 0) is 40.5 Å². The van der Waals surface area contributed by atoms with Gasteiger partial charge in [0.1, 0.15) is 0 Å². The van der Waals surface area contributed by atoms with E-state index in [4.69, 9.17) is 18.2 Å². The monoisotopic (exact) mass is 418 g/mol. The number of allylic oxidation sites excluding steroid dienone is 1. The van der Waals surface area contributed by atoms with Crippen LogP contribution in [0.4, 0.5) is 0 Å². The Balaban J connectivity index is 5.25. The minimum atomic E-state index is -5.25. The van der Waals surface area contributed by atoms with Crippen molar-refractivity contribution in [2.75, 3.05) is 0 Å². The van der Waals surface area contributed by atoms with Gasteiger partial charge in [-0.25, -0.2) is 0 Å². The van der Waals surface area contributed by atoms with E-state index in [9.17, 15) is 33.7 Å². The maximum absolute atomic E-state index is 10.9. The van der Waals surface area contributed by atoms with Crippen LogP contribution in [0.15, 0.2) is 12.2 Å². The van der Waals surface area contributed by atoms with Crippen molar-refractivity contribution in [2.45, 2.75) is 28.4 Å². The second-order valence-corrected chi connectivity index (χ2v) is 11.4. The third-order valence-corrected chi connectivity index (χ3v) is 8.90. The van der Waals surface area contributed by atoms with E-state index in [1.54, 1.807) is 0 Å². The molecule has 0 aliphatic heterocycles. The fraction of sp³-hybridized carbons (Fsp3) is 0.714. The third kappa shape index (κ3) is 7.66. The molecule has 0 aromatic heterocycles. The van der Waals surface area contributed by atoms with Gasteiger partial charge < -0.3 is 0 Å². The quantitative estimate of drug-likeness (QED) is 0.259. The summed E-state index contributed by atoms with van der Waals surface area (Å²) in [5.74, 6) is 0. The molecular weight excluding hydrogens is 404 g/mol. The molecule has 0 aliphatic rings. The summed E-state index contributed by atoms with van der Waals surface area (Å²) in [5, 5.41) is 0. The van der Waals surface area contributed by atoms with Gasteiger partial charge in [-0.2, -0.15) is 33.7 Å². The van der Waals surface area contributed by atoms with Crippen LogP contribution in [-0.4, -0.2) is 61.0 Å². The summed E-state index contributed by atoms with van der Waals surface area (Å²) in [5.41, 5.74) is -0.387. The van der Waals surface area contributed by atoms with Gasteiger partial charge in [0, 0.05) is 6.42 Å². The smallest absolute Gasteiger partial charge is 0.284 e. The average molecular weight is 418 g/mol. The fourth-order valence-electron chi connectivity index (χ4n) is 1.48. The van der Waals surface area contributed by atoms with Gasteiger partial charge in [0.25, 0.3) is 40.5 Å². The molecule has 23 heavy (non-hydrogen) atoms. The normalized spacial score (nSPS) is 14.3. The maximum Gasteiger partial charge on any atom is 0.285 e. The molecule has 0 rings (SSSR count). The molecule has 0 aromatic carbocycles. The summed E-state index contributed by atoms with van der Waals surface area (Å²) >= 11 is 0. The minimum absolute atomic E-state index is 0.387. The van der Waals surface area contributed by atoms with Crippen molar-refractivity contribution in [2.24, 2.45) is 0 Å². The first-order valence-electron chi connectivity index (χ1n) is 5.38. The highest BCUT2D eigenvalue weighted by Gasteiger charge is 2.38. The van der Waals surface area contributed by atoms with Gasteiger partial charge in [0.15, 0.2) is 0 Å². The molecule has 138 valence electrons. The maximum atomic E-state index is 10.9. The zero-order valence-electron chi connectivity index (χ0n) is 11.2. The molecule has 0 saturated carbocycles. The third-order valence-electron chi connectivity index (χ3n) is 2.52. The first-order valence-corrected chi connectivity index (χ1v) is 11.4. The Morgan fingerprint density at radius 2 is 1.00 bits per heavy atom. The summed E-state index contributed by atoms with van der Waals surface area (Å²) in [6, 6.07) is 0. The van der Waals surface area contributed by atoms with E-state index >= 15 is 0 Å². The van der Waals surface area contributed by atoms with Crippen LogP contribution in [0, 0.1) is 0 Å². The standard InChI is InChI=1S/C7H14O12S4/c1-5(4-7(22(14,15)16)23(17,18)19)2-3-6(20(8,9)10)21(11,12)13/h6-7H,1-4H2,(H,8,9,10)(H,11,12,13)(H,14,15,16)(H,17,18,19). The summed E-state index contributed by atoms with van der Waals surface area (Å²) in [4.78, 5) is 0. The van der Waals surface area contributed by atoms with Crippen LogP contribution in [0.1, 0.15) is 19.3 Å². The van der Waals surface area contributed by atoms with Gasteiger partial charge in [-0.3, -0.25) is 18.2 Å². The van der Waals surface area contributed by atoms with Gasteiger partial charge in [-0.15, -0.1) is 0 Å². The van der Waals surface area contributed by atoms with Gasteiger partial charge in [-0.1, -0.05) is 12.2 Å². The molecule has 0 atom stereocenters. The molecule has 0 bridgehead atoms. The highest BCUT2D eigenvalue weighted by molar-refractivity contribution is 8.04. The zero-order chi connectivity index (χ0) is 18.9. The topological polar surface area (TPSA) is 217 Å². The van der Waals surface area contributed by atoms with Gasteiger partial charge in [-0.05, 0) is 12.8 Å². The highest BCUT2D eigenvalue weighted by Crippen LogP contribution is 2.22. The lowest BCUT2D eigenvalue weighted by molar-refractivity contribution is 0.444. The Hall–Kier alpha value is -0.620. The molecule has 0 heterocycles. The first-order chi connectivity index (χ1) is 9.87. The van der Waals surface area contributed by atoms with Crippen molar-refractivity contribution in [1.82, 2.24) is 0 Å². The lowest BCUT2D eigenvalue weighted by atomic mass is 10.1. The van der Waals surface area contributed by atoms with E-state index in [1.165, 1.54) is 0 Å². The summed E-state index contributed by atoms with van der Waals surface area (Å²) in [6.07, 6.45) is -2.70. The largest absolute Gasteiger partial charge is 0.285 e. The molecule has 16 heteroatoms. The summed E-state index contributed by atoms with van der Waals surface area (Å²) in [6.45, 7) is 3.15. The molecule has 0 amide bonds. The molecule has 0 unspecified atom stereocenters. The Bertz CT molecular complexity index is 796. The second kappa shape index (κ2) is 7.09. The lowest BCUT2D eigenvalue weighted by Gasteiger charge is -2.14. The zero-order valence-corrected chi connectivity index (χ0v) is 14.4. The SMILES string of the molecule is C=C(CCC(S(=O)(=O)O)S(=O)(=O)O)CC(S(=O)(=O)O)S(=O)(=O)O. The molecule has 0 spiro atoms. The van der Waals surface area contributed by atoms with Crippen LogP contribution in [0.2, 0.25) is 0 Å². The Kier molecular flexibility index (Phi) is 6.90. The van der Waals surface area contributed by atoms with E-state index < -0.39 is 68.9 Å². The van der Waals surface area contributed by atoms with Crippen molar-refractivity contribution in [1.29, 1.82) is 0 Å². The van der Waals surface area contributed by atoms with Crippen molar-refractivity contribution in [3.63, 3.8) is 0 Å². The lowest BCUT2D eigenvalue weighted by Crippen LogP contribution is -2.31. The van der Waals surface area contributed by atoms with Gasteiger partial charge in [0.2, 0.25) is 9.16 Å². The number of hydrogen-bond acceptors (Lipinski definition) is 8. The summed E-state index contributed by atoms with van der Waals surface area (Å²) < 4.78 is 116. The van der Waals surface area contributed by atoms with Gasteiger partial charge in [0.05, 0.1) is 0 Å². The molecule has 12 nitrogen and oxygen atoms in total. The molecule has 0 aromatic rings. The van der Waals surface area contributed by atoms with E-state index in [-0.39, 0.29) is 5.57 Å². The molecule has 4 N–H and O–H groups in total. The highest BCUT2D eigenvalue weighted by atomic mass is 32.3. The van der Waals surface area contributed by atoms with Crippen LogP contribution in [0.5, 0.6) is 0 Å². The van der Waals surface area contributed by atoms with Crippen LogP contribution >= 0.6 is 0 Å². The Morgan fingerprint density at radius 1 is 0.696 bits per heavy atom. The van der Waals surface area contributed by atoms with Crippen LogP contribution < -0.4 is 0 Å². The summed E-state index contributed by atoms with van der Waals surface area (Å²) in [7, 11) is -20.9. The van der Waals surface area contributed by atoms with E-state index in [2.05, 4.69) is 6.58 Å². The molecule has 0 radical (unpaired) electrons. The van der Waals surface area contributed by atoms with Crippen LogP contribution in [0.25, 0.3) is 0 Å². The molecular formula is C7H14O12S4. The van der Waals surface area contributed by atoms with Gasteiger partial charge >= 0.3 is 0 Å². The van der Waals surface area contributed by atoms with Crippen LogP contribution in [0.3, 0.4) is 0 Å². The van der Waals surface area contributed by atoms with E-state index in [1.807, 2.05) is 0 Å². The molecule has 0 aliphatic carbocycles. The first kappa shape index (κ1) is 22.4. The second-order valence-electron chi connectivity index (χ2n) is 4.41. The van der Waals surface area contributed by atoms with Crippen molar-refractivity contribution >= 4 is 40.5 Å². The Labute approximate surface area is 133 Å². The molecule has 0 saturated heterocycles. The predicted molar refractivity (Wildman–Crippen MR) is 76.8 cm³/mol. The van der Waals surface area contributed by atoms with E-state index in [0.29, 0.717) is 0 Å². The predicted octanol–water partition coefficient (Wildman–Crippen LogP) is -1.08. The van der Waals surface area contributed by atoms with Crippen molar-refractivity contribution < 1.29 is 51.9 Å². The number of rotatable bonds is 9. The molecule has 0 fully saturated rings. The van der Waals surface area contributed by atoms with E-state index in [0.717, 1.165) is 0 Å². The van der Waals surface area contributed by atoms with Crippen molar-refractivity contribution in [3.05, 3.63) is 12.2 Å². The minimum Gasteiger partial charge on any atom is -0.284 e. The Morgan fingerprint density at radius 3 is 1.26 bits per heavy atom. The van der Waals surface area contributed by atoms with Crippen molar-refractivity contribution in [3.8, 4) is 0 Å². The number of hydrogen-bond donors (Lipinski definition) is 4. The average Bonchev–Trinajstić information content (AvgIpc) is 2.18. The fourth-order valence-corrected chi connectivity index (χ4v) is 5.66.